The zero-order chi connectivity index (χ0) is 14.5. The third kappa shape index (κ3) is 4.12. The van der Waals surface area contributed by atoms with Crippen LogP contribution in [0.25, 0.3) is 6.08 Å². The number of hydrogen-bond donors (Lipinski definition) is 1. The second-order valence-electron chi connectivity index (χ2n) is 5.20. The average molecular weight is 291 g/mol. The van der Waals surface area contributed by atoms with Crippen molar-refractivity contribution >= 4 is 23.8 Å². The van der Waals surface area contributed by atoms with Crippen LogP contribution in [0.1, 0.15) is 25.0 Å². The molecule has 0 aliphatic carbocycles. The van der Waals surface area contributed by atoms with E-state index in [4.69, 9.17) is 5.11 Å². The van der Waals surface area contributed by atoms with E-state index in [0.29, 0.717) is 11.3 Å². The Hall–Kier alpha value is -1.26. The van der Waals surface area contributed by atoms with Crippen molar-refractivity contribution in [3.8, 4) is 0 Å². The molecule has 3 nitrogen and oxygen atoms in total. The molecule has 2 atom stereocenters. The van der Waals surface area contributed by atoms with Gasteiger partial charge in [-0.1, -0.05) is 31.2 Å². The predicted molar refractivity (Wildman–Crippen MR) is 84.9 cm³/mol. The molecule has 0 aromatic heterocycles. The van der Waals surface area contributed by atoms with Gasteiger partial charge in [-0.15, -0.1) is 0 Å². The fourth-order valence-corrected chi connectivity index (χ4v) is 3.58. The minimum absolute atomic E-state index is 0.576. The standard InChI is InChI=1S/C16H21NO2S/c1-12-13(2)20-9-8-17(12)11-15-5-3-4-14(10-15)6-7-16(18)19/h3-7,10,12-13H,8-9,11H2,1-2H3,(H,18,19)/b7-6+. The lowest BCUT2D eigenvalue weighted by molar-refractivity contribution is -0.131. The molecule has 108 valence electrons. The van der Waals surface area contributed by atoms with E-state index in [9.17, 15) is 4.79 Å². The molecule has 0 radical (unpaired) electrons. The zero-order valence-electron chi connectivity index (χ0n) is 12.0. The van der Waals surface area contributed by atoms with E-state index in [-0.39, 0.29) is 0 Å². The Labute approximate surface area is 124 Å². The van der Waals surface area contributed by atoms with Crippen molar-refractivity contribution in [3.63, 3.8) is 0 Å². The molecule has 4 heteroatoms. The van der Waals surface area contributed by atoms with Crippen molar-refractivity contribution in [3.05, 3.63) is 41.5 Å². The van der Waals surface area contributed by atoms with Gasteiger partial charge in [0.2, 0.25) is 0 Å². The number of thioether (sulfide) groups is 1. The number of carbonyl (C=O) groups is 1. The first-order chi connectivity index (χ1) is 9.56. The first-order valence-electron chi connectivity index (χ1n) is 6.92. The van der Waals surface area contributed by atoms with E-state index >= 15 is 0 Å². The van der Waals surface area contributed by atoms with Crippen molar-refractivity contribution in [2.24, 2.45) is 0 Å². The minimum atomic E-state index is -0.911. The lowest BCUT2D eigenvalue weighted by Gasteiger charge is -2.37. The summed E-state index contributed by atoms with van der Waals surface area (Å²) in [5.74, 6) is 0.273. The van der Waals surface area contributed by atoms with Crippen LogP contribution in [-0.2, 0) is 11.3 Å². The van der Waals surface area contributed by atoms with Crippen molar-refractivity contribution in [1.82, 2.24) is 4.90 Å². The first-order valence-corrected chi connectivity index (χ1v) is 7.97. The van der Waals surface area contributed by atoms with E-state index in [2.05, 4.69) is 30.9 Å². The number of benzene rings is 1. The summed E-state index contributed by atoms with van der Waals surface area (Å²) >= 11 is 2.04. The fraction of sp³-hybridized carbons (Fsp3) is 0.438. The van der Waals surface area contributed by atoms with Crippen LogP contribution in [0.4, 0.5) is 0 Å². The molecular weight excluding hydrogens is 270 g/mol. The third-order valence-electron chi connectivity index (χ3n) is 3.77. The number of nitrogens with zero attached hydrogens (tertiary/aromatic N) is 1. The maximum absolute atomic E-state index is 10.6. The van der Waals surface area contributed by atoms with E-state index in [1.165, 1.54) is 17.4 Å². The molecule has 0 saturated carbocycles. The Bertz CT molecular complexity index is 501. The number of rotatable bonds is 4. The van der Waals surface area contributed by atoms with E-state index < -0.39 is 5.97 Å². The quantitative estimate of drug-likeness (QED) is 0.865. The Morgan fingerprint density at radius 2 is 2.30 bits per heavy atom. The molecule has 20 heavy (non-hydrogen) atoms. The molecule has 1 saturated heterocycles. The molecule has 2 rings (SSSR count). The second-order valence-corrected chi connectivity index (χ2v) is 6.69. The molecule has 0 spiro atoms. The van der Waals surface area contributed by atoms with Crippen molar-refractivity contribution in [1.29, 1.82) is 0 Å². The number of carboxylic acids is 1. The molecule has 2 unspecified atom stereocenters. The van der Waals surface area contributed by atoms with Crippen molar-refractivity contribution in [2.75, 3.05) is 12.3 Å². The highest BCUT2D eigenvalue weighted by molar-refractivity contribution is 8.00. The zero-order valence-corrected chi connectivity index (χ0v) is 12.8. The van der Waals surface area contributed by atoms with Crippen LogP contribution < -0.4 is 0 Å². The lowest BCUT2D eigenvalue weighted by Crippen LogP contribution is -2.43. The van der Waals surface area contributed by atoms with Gasteiger partial charge in [0, 0.05) is 36.2 Å². The minimum Gasteiger partial charge on any atom is -0.478 e. The molecule has 1 aromatic rings. The average Bonchev–Trinajstić information content (AvgIpc) is 2.42. The molecule has 1 fully saturated rings. The van der Waals surface area contributed by atoms with Gasteiger partial charge < -0.3 is 5.11 Å². The molecular formula is C16H21NO2S. The van der Waals surface area contributed by atoms with Crippen LogP contribution in [0.2, 0.25) is 0 Å². The SMILES string of the molecule is CC1SCCN(Cc2cccc(/C=C/C(=O)O)c2)C1C. The van der Waals surface area contributed by atoms with Crippen molar-refractivity contribution in [2.45, 2.75) is 31.7 Å². The van der Waals surface area contributed by atoms with Gasteiger partial charge in [0.15, 0.2) is 0 Å². The number of hydrogen-bond acceptors (Lipinski definition) is 3. The summed E-state index contributed by atoms with van der Waals surface area (Å²) < 4.78 is 0. The molecule has 1 aliphatic rings. The van der Waals surface area contributed by atoms with Gasteiger partial charge in [-0.05, 0) is 24.1 Å². The van der Waals surface area contributed by atoms with Crippen molar-refractivity contribution < 1.29 is 9.90 Å². The molecule has 0 bridgehead atoms. The highest BCUT2D eigenvalue weighted by Gasteiger charge is 2.24. The van der Waals surface area contributed by atoms with Gasteiger partial charge in [-0.2, -0.15) is 11.8 Å². The second kappa shape index (κ2) is 6.95. The van der Waals surface area contributed by atoms with Gasteiger partial charge in [0.05, 0.1) is 0 Å². The topological polar surface area (TPSA) is 40.5 Å². The Morgan fingerprint density at radius 1 is 1.50 bits per heavy atom. The summed E-state index contributed by atoms with van der Waals surface area (Å²) in [6.07, 6.45) is 2.82. The number of aliphatic carboxylic acids is 1. The third-order valence-corrected chi connectivity index (χ3v) is 5.11. The van der Waals surface area contributed by atoms with Crippen LogP contribution in [0.15, 0.2) is 30.3 Å². The summed E-state index contributed by atoms with van der Waals surface area (Å²) in [4.78, 5) is 13.1. The molecule has 1 N–H and O–H groups in total. The van der Waals surface area contributed by atoms with Gasteiger partial charge in [0.1, 0.15) is 0 Å². The Morgan fingerprint density at radius 3 is 3.05 bits per heavy atom. The summed E-state index contributed by atoms with van der Waals surface area (Å²) in [5.41, 5.74) is 2.18. The van der Waals surface area contributed by atoms with Gasteiger partial charge in [0.25, 0.3) is 0 Å². The molecule has 0 amide bonds. The highest BCUT2D eigenvalue weighted by Crippen LogP contribution is 2.25. The fourth-order valence-electron chi connectivity index (χ4n) is 2.42. The summed E-state index contributed by atoms with van der Waals surface area (Å²) in [7, 11) is 0. The van der Waals surface area contributed by atoms with Crippen LogP contribution in [0.5, 0.6) is 0 Å². The van der Waals surface area contributed by atoms with Crippen LogP contribution in [-0.4, -0.2) is 39.6 Å². The Kier molecular flexibility index (Phi) is 5.26. The number of carboxylic acid groups (broad SMARTS) is 1. The molecule has 1 aromatic carbocycles. The van der Waals surface area contributed by atoms with Crippen LogP contribution in [0.3, 0.4) is 0 Å². The van der Waals surface area contributed by atoms with E-state index in [0.717, 1.165) is 18.7 Å². The first kappa shape index (κ1) is 15.1. The highest BCUT2D eigenvalue weighted by atomic mass is 32.2. The van der Waals surface area contributed by atoms with Gasteiger partial charge in [-0.3, -0.25) is 4.90 Å². The smallest absolute Gasteiger partial charge is 0.328 e. The monoisotopic (exact) mass is 291 g/mol. The maximum Gasteiger partial charge on any atom is 0.328 e. The van der Waals surface area contributed by atoms with Gasteiger partial charge in [-0.25, -0.2) is 4.79 Å². The summed E-state index contributed by atoms with van der Waals surface area (Å²) in [5, 5.41) is 9.34. The van der Waals surface area contributed by atoms with Crippen LogP contribution in [0, 0.1) is 0 Å². The summed E-state index contributed by atoms with van der Waals surface area (Å²) in [6.45, 7) is 6.62. The normalized spacial score (nSPS) is 24.1. The predicted octanol–water partition coefficient (Wildman–Crippen LogP) is 3.11. The van der Waals surface area contributed by atoms with Crippen LogP contribution >= 0.6 is 11.8 Å². The Balaban J connectivity index is 2.05. The largest absolute Gasteiger partial charge is 0.478 e. The van der Waals surface area contributed by atoms with E-state index in [1.54, 1.807) is 6.08 Å². The lowest BCUT2D eigenvalue weighted by atomic mass is 10.1. The maximum atomic E-state index is 10.6. The van der Waals surface area contributed by atoms with E-state index in [1.807, 2.05) is 23.9 Å². The molecule has 1 aliphatic heterocycles. The van der Waals surface area contributed by atoms with Gasteiger partial charge >= 0.3 is 5.97 Å². The summed E-state index contributed by atoms with van der Waals surface area (Å²) in [6, 6.07) is 8.67. The molecule has 1 heterocycles.